The molecule has 1 unspecified atom stereocenters. The van der Waals surface area contributed by atoms with Crippen LogP contribution in [-0.2, 0) is 16.3 Å². The maximum absolute atomic E-state index is 11.4. The van der Waals surface area contributed by atoms with Crippen LogP contribution in [0.15, 0.2) is 35.3 Å². The maximum Gasteiger partial charge on any atom is 0.191 e. The Kier molecular flexibility index (Phi) is 7.44. The molecule has 0 aromatic heterocycles. The van der Waals surface area contributed by atoms with Crippen molar-refractivity contribution >= 4 is 39.8 Å². The van der Waals surface area contributed by atoms with Crippen LogP contribution in [0.25, 0.3) is 0 Å². The highest BCUT2D eigenvalue weighted by molar-refractivity contribution is 14.0. The van der Waals surface area contributed by atoms with E-state index in [2.05, 4.69) is 27.8 Å². The summed E-state index contributed by atoms with van der Waals surface area (Å²) in [4.78, 5) is 4.13. The summed E-state index contributed by atoms with van der Waals surface area (Å²) in [5.74, 6) is 1.14. The number of nitrogens with zero attached hydrogens (tertiary/aromatic N) is 1. The third-order valence-electron chi connectivity index (χ3n) is 3.35. The van der Waals surface area contributed by atoms with Crippen LogP contribution in [-0.4, -0.2) is 45.5 Å². The lowest BCUT2D eigenvalue weighted by atomic mass is 10.1. The van der Waals surface area contributed by atoms with E-state index >= 15 is 0 Å². The van der Waals surface area contributed by atoms with Gasteiger partial charge in [0.1, 0.15) is 0 Å². The van der Waals surface area contributed by atoms with Gasteiger partial charge in [-0.1, -0.05) is 30.3 Å². The fourth-order valence-electron chi connectivity index (χ4n) is 2.27. The van der Waals surface area contributed by atoms with Crippen LogP contribution in [0.1, 0.15) is 12.0 Å². The zero-order valence-electron chi connectivity index (χ0n) is 12.1. The highest BCUT2D eigenvalue weighted by Gasteiger charge is 2.28. The van der Waals surface area contributed by atoms with Crippen molar-refractivity contribution in [3.05, 3.63) is 35.9 Å². The molecule has 0 amide bonds. The molecule has 1 aliphatic rings. The molecular weight excluding hydrogens is 401 g/mol. The van der Waals surface area contributed by atoms with Crippen LogP contribution in [0.5, 0.6) is 0 Å². The molecule has 118 valence electrons. The van der Waals surface area contributed by atoms with Crippen LogP contribution < -0.4 is 10.6 Å². The van der Waals surface area contributed by atoms with Crippen molar-refractivity contribution in [3.8, 4) is 0 Å². The van der Waals surface area contributed by atoms with Gasteiger partial charge in [-0.3, -0.25) is 4.99 Å². The van der Waals surface area contributed by atoms with E-state index in [1.807, 2.05) is 18.2 Å². The van der Waals surface area contributed by atoms with Gasteiger partial charge in [-0.05, 0) is 18.4 Å². The first kappa shape index (κ1) is 18.2. The Balaban J connectivity index is 0.00000220. The Morgan fingerprint density at radius 2 is 2.05 bits per heavy atom. The second-order valence-electron chi connectivity index (χ2n) is 4.98. The molecule has 1 atom stereocenters. The van der Waals surface area contributed by atoms with E-state index in [4.69, 9.17) is 0 Å². The first-order chi connectivity index (χ1) is 9.59. The number of sulfone groups is 1. The van der Waals surface area contributed by atoms with E-state index in [9.17, 15) is 8.42 Å². The Morgan fingerprint density at radius 1 is 1.33 bits per heavy atom. The van der Waals surface area contributed by atoms with Crippen molar-refractivity contribution in [2.45, 2.75) is 18.9 Å². The average molecular weight is 423 g/mol. The molecule has 1 fully saturated rings. The lowest BCUT2D eigenvalue weighted by molar-refractivity contribution is 0.599. The Labute approximate surface area is 143 Å². The van der Waals surface area contributed by atoms with Gasteiger partial charge in [-0.15, -0.1) is 24.0 Å². The maximum atomic E-state index is 11.4. The van der Waals surface area contributed by atoms with Gasteiger partial charge in [0.25, 0.3) is 0 Å². The van der Waals surface area contributed by atoms with E-state index in [1.54, 1.807) is 7.05 Å². The molecule has 1 saturated heterocycles. The minimum absolute atomic E-state index is 0. The highest BCUT2D eigenvalue weighted by Crippen LogP contribution is 2.10. The van der Waals surface area contributed by atoms with Gasteiger partial charge in [0.2, 0.25) is 0 Å². The predicted octanol–water partition coefficient (Wildman–Crippen LogP) is 1.20. The van der Waals surface area contributed by atoms with Crippen molar-refractivity contribution in [3.63, 3.8) is 0 Å². The summed E-state index contributed by atoms with van der Waals surface area (Å²) in [7, 11) is -1.16. The molecule has 7 heteroatoms. The van der Waals surface area contributed by atoms with Crippen LogP contribution in [0.2, 0.25) is 0 Å². The fourth-order valence-corrected chi connectivity index (χ4v) is 3.94. The zero-order chi connectivity index (χ0) is 14.4. The lowest BCUT2D eigenvalue weighted by Crippen LogP contribution is -2.44. The summed E-state index contributed by atoms with van der Waals surface area (Å²) in [5.41, 5.74) is 1.26. The molecule has 1 aromatic rings. The van der Waals surface area contributed by atoms with Gasteiger partial charge in [-0.2, -0.15) is 0 Å². The third-order valence-corrected chi connectivity index (χ3v) is 5.11. The van der Waals surface area contributed by atoms with E-state index < -0.39 is 9.84 Å². The summed E-state index contributed by atoms with van der Waals surface area (Å²) < 4.78 is 22.8. The molecule has 1 aromatic carbocycles. The number of rotatable bonds is 4. The molecule has 1 aliphatic heterocycles. The molecular formula is C14H22IN3O2S. The van der Waals surface area contributed by atoms with Crippen molar-refractivity contribution in [2.24, 2.45) is 4.99 Å². The number of halogens is 1. The van der Waals surface area contributed by atoms with Gasteiger partial charge in [0, 0.05) is 19.6 Å². The number of benzene rings is 1. The number of nitrogens with one attached hydrogen (secondary N) is 2. The number of aliphatic imine (C=N–C) groups is 1. The van der Waals surface area contributed by atoms with Gasteiger partial charge >= 0.3 is 0 Å². The number of guanidine groups is 1. The second-order valence-corrected chi connectivity index (χ2v) is 7.21. The largest absolute Gasteiger partial charge is 0.356 e. The van der Waals surface area contributed by atoms with Crippen LogP contribution >= 0.6 is 24.0 Å². The van der Waals surface area contributed by atoms with Crippen LogP contribution in [0.3, 0.4) is 0 Å². The molecule has 2 rings (SSSR count). The standard InChI is InChI=1S/C14H21N3O2S.HI/c1-15-14(17-13-8-10-20(18,19)11-13)16-9-7-12-5-3-2-4-6-12;/h2-6,13H,7-11H2,1H3,(H2,15,16,17);1H. The first-order valence-electron chi connectivity index (χ1n) is 6.80. The third kappa shape index (κ3) is 6.21. The van der Waals surface area contributed by atoms with E-state index in [0.717, 1.165) is 13.0 Å². The van der Waals surface area contributed by atoms with E-state index in [-0.39, 0.29) is 41.5 Å². The lowest BCUT2D eigenvalue weighted by Gasteiger charge is -2.16. The molecule has 21 heavy (non-hydrogen) atoms. The average Bonchev–Trinajstić information content (AvgIpc) is 2.78. The normalized spacial score (nSPS) is 20.6. The molecule has 5 nitrogen and oxygen atoms in total. The number of hydrogen-bond acceptors (Lipinski definition) is 3. The summed E-state index contributed by atoms with van der Waals surface area (Å²) in [6.07, 6.45) is 1.56. The molecule has 1 heterocycles. The fraction of sp³-hybridized carbons (Fsp3) is 0.500. The van der Waals surface area contributed by atoms with E-state index in [1.165, 1.54) is 5.56 Å². The van der Waals surface area contributed by atoms with Gasteiger partial charge < -0.3 is 10.6 Å². The smallest absolute Gasteiger partial charge is 0.191 e. The topological polar surface area (TPSA) is 70.6 Å². The van der Waals surface area contributed by atoms with Crippen molar-refractivity contribution in [1.82, 2.24) is 10.6 Å². The van der Waals surface area contributed by atoms with E-state index in [0.29, 0.717) is 12.4 Å². The minimum atomic E-state index is -2.86. The predicted molar refractivity (Wildman–Crippen MR) is 97.1 cm³/mol. The highest BCUT2D eigenvalue weighted by atomic mass is 127. The molecule has 0 spiro atoms. The van der Waals surface area contributed by atoms with Crippen molar-refractivity contribution < 1.29 is 8.42 Å². The van der Waals surface area contributed by atoms with Gasteiger partial charge in [-0.25, -0.2) is 8.42 Å². The van der Waals surface area contributed by atoms with Crippen molar-refractivity contribution in [2.75, 3.05) is 25.1 Å². The summed E-state index contributed by atoms with van der Waals surface area (Å²) in [6, 6.07) is 10.2. The SMILES string of the molecule is CN=C(NCCc1ccccc1)NC1CCS(=O)(=O)C1.I. The quantitative estimate of drug-likeness (QED) is 0.434. The molecule has 0 saturated carbocycles. The summed E-state index contributed by atoms with van der Waals surface area (Å²) in [6.45, 7) is 0.767. The summed E-state index contributed by atoms with van der Waals surface area (Å²) in [5, 5.41) is 6.38. The number of hydrogen-bond donors (Lipinski definition) is 2. The zero-order valence-corrected chi connectivity index (χ0v) is 15.2. The Bertz CT molecular complexity index is 561. The van der Waals surface area contributed by atoms with Gasteiger partial charge in [0.15, 0.2) is 15.8 Å². The van der Waals surface area contributed by atoms with Crippen LogP contribution in [0.4, 0.5) is 0 Å². The second kappa shape index (κ2) is 8.57. The minimum Gasteiger partial charge on any atom is -0.356 e. The first-order valence-corrected chi connectivity index (χ1v) is 8.63. The molecule has 0 bridgehead atoms. The molecule has 0 aliphatic carbocycles. The monoisotopic (exact) mass is 423 g/mol. The van der Waals surface area contributed by atoms with Crippen molar-refractivity contribution in [1.29, 1.82) is 0 Å². The van der Waals surface area contributed by atoms with Gasteiger partial charge in [0.05, 0.1) is 11.5 Å². The summed E-state index contributed by atoms with van der Waals surface area (Å²) >= 11 is 0. The molecule has 2 N–H and O–H groups in total. The Hall–Kier alpha value is -0.830. The van der Waals surface area contributed by atoms with Crippen LogP contribution in [0, 0.1) is 0 Å². The Morgan fingerprint density at radius 3 is 2.62 bits per heavy atom. The molecule has 0 radical (unpaired) electrons.